The number of aliphatic hydroxyl groups excluding tert-OH is 1. The van der Waals surface area contributed by atoms with E-state index in [1.54, 1.807) is 0 Å². The summed E-state index contributed by atoms with van der Waals surface area (Å²) in [7, 11) is 4.16. The first-order valence-electron chi connectivity index (χ1n) is 5.63. The molecule has 3 heteroatoms. The molecule has 0 aliphatic heterocycles. The summed E-state index contributed by atoms with van der Waals surface area (Å²) in [6, 6.07) is 0. The Kier molecular flexibility index (Phi) is 5.45. The Morgan fingerprint density at radius 3 is 2.43 bits per heavy atom. The molecule has 1 aliphatic rings. The summed E-state index contributed by atoms with van der Waals surface area (Å²) >= 11 is 0. The molecule has 0 aromatic carbocycles. The van der Waals surface area contributed by atoms with Crippen molar-refractivity contribution in [1.82, 2.24) is 4.90 Å². The average Bonchev–Trinajstić information content (AvgIpc) is 2.15. The fourth-order valence-electron chi connectivity index (χ4n) is 1.84. The molecule has 0 spiro atoms. The van der Waals surface area contributed by atoms with E-state index in [-0.39, 0.29) is 6.10 Å². The molecule has 0 aromatic heterocycles. The van der Waals surface area contributed by atoms with Gasteiger partial charge in [0.1, 0.15) is 0 Å². The lowest BCUT2D eigenvalue weighted by Gasteiger charge is -2.25. The van der Waals surface area contributed by atoms with E-state index in [0.717, 1.165) is 45.3 Å². The van der Waals surface area contributed by atoms with Gasteiger partial charge in [0.2, 0.25) is 0 Å². The molecule has 84 valence electrons. The maximum absolute atomic E-state index is 9.31. The van der Waals surface area contributed by atoms with Crippen molar-refractivity contribution in [3.8, 4) is 0 Å². The van der Waals surface area contributed by atoms with Gasteiger partial charge in [0, 0.05) is 6.61 Å². The summed E-state index contributed by atoms with van der Waals surface area (Å²) in [5.74, 6) is 0. The lowest BCUT2D eigenvalue weighted by atomic mass is 9.95. The highest BCUT2D eigenvalue weighted by atomic mass is 16.5. The highest BCUT2D eigenvalue weighted by Crippen LogP contribution is 2.20. The number of ether oxygens (including phenoxy) is 1. The lowest BCUT2D eigenvalue weighted by Crippen LogP contribution is -2.25. The zero-order chi connectivity index (χ0) is 10.4. The Labute approximate surface area is 87.1 Å². The SMILES string of the molecule is CN(C)CCCOC1CCC(O)CC1. The highest BCUT2D eigenvalue weighted by Gasteiger charge is 2.19. The second-order valence-corrected chi connectivity index (χ2v) is 4.46. The van der Waals surface area contributed by atoms with Crippen molar-refractivity contribution in [2.75, 3.05) is 27.2 Å². The third kappa shape index (κ3) is 4.94. The van der Waals surface area contributed by atoms with E-state index in [4.69, 9.17) is 4.74 Å². The van der Waals surface area contributed by atoms with E-state index in [1.807, 2.05) is 0 Å². The molecular weight excluding hydrogens is 178 g/mol. The van der Waals surface area contributed by atoms with Gasteiger partial charge in [-0.05, 0) is 52.7 Å². The quantitative estimate of drug-likeness (QED) is 0.680. The minimum Gasteiger partial charge on any atom is -0.393 e. The minimum atomic E-state index is -0.0726. The van der Waals surface area contributed by atoms with Crippen LogP contribution < -0.4 is 0 Å². The number of aliphatic hydroxyl groups is 1. The molecule has 0 unspecified atom stereocenters. The van der Waals surface area contributed by atoms with Gasteiger partial charge in [-0.25, -0.2) is 0 Å². The topological polar surface area (TPSA) is 32.7 Å². The summed E-state index contributed by atoms with van der Waals surface area (Å²) < 4.78 is 5.74. The molecule has 1 saturated carbocycles. The third-order valence-corrected chi connectivity index (χ3v) is 2.75. The molecular formula is C11H23NO2. The van der Waals surface area contributed by atoms with Crippen molar-refractivity contribution in [3.05, 3.63) is 0 Å². The van der Waals surface area contributed by atoms with Crippen LogP contribution in [0.25, 0.3) is 0 Å². The molecule has 0 radical (unpaired) electrons. The van der Waals surface area contributed by atoms with Crippen LogP contribution in [-0.2, 0) is 4.74 Å². The molecule has 1 aliphatic carbocycles. The van der Waals surface area contributed by atoms with Gasteiger partial charge >= 0.3 is 0 Å². The van der Waals surface area contributed by atoms with Gasteiger partial charge < -0.3 is 14.7 Å². The van der Waals surface area contributed by atoms with Crippen LogP contribution in [0.3, 0.4) is 0 Å². The molecule has 14 heavy (non-hydrogen) atoms. The van der Waals surface area contributed by atoms with E-state index in [9.17, 15) is 5.11 Å². The van der Waals surface area contributed by atoms with E-state index in [1.165, 1.54) is 0 Å². The monoisotopic (exact) mass is 201 g/mol. The van der Waals surface area contributed by atoms with Crippen molar-refractivity contribution >= 4 is 0 Å². The van der Waals surface area contributed by atoms with E-state index >= 15 is 0 Å². The predicted octanol–water partition coefficient (Wildman–Crippen LogP) is 1.26. The zero-order valence-corrected chi connectivity index (χ0v) is 9.41. The van der Waals surface area contributed by atoms with Crippen molar-refractivity contribution in [1.29, 1.82) is 0 Å². The summed E-state index contributed by atoms with van der Waals surface area (Å²) in [6.07, 6.45) is 5.33. The smallest absolute Gasteiger partial charge is 0.0577 e. The zero-order valence-electron chi connectivity index (χ0n) is 9.41. The van der Waals surface area contributed by atoms with Crippen LogP contribution in [-0.4, -0.2) is 49.5 Å². The second kappa shape index (κ2) is 6.38. The molecule has 1 rings (SSSR count). The summed E-state index contributed by atoms with van der Waals surface area (Å²) in [6.45, 7) is 1.95. The average molecular weight is 201 g/mol. The molecule has 1 N–H and O–H groups in total. The standard InChI is InChI=1S/C11H23NO2/c1-12(2)8-3-9-14-11-6-4-10(13)5-7-11/h10-11,13H,3-9H2,1-2H3. The fraction of sp³-hybridized carbons (Fsp3) is 1.00. The number of hydrogen-bond acceptors (Lipinski definition) is 3. The second-order valence-electron chi connectivity index (χ2n) is 4.46. The highest BCUT2D eigenvalue weighted by molar-refractivity contribution is 4.71. The molecule has 0 amide bonds. The van der Waals surface area contributed by atoms with Crippen LogP contribution in [0, 0.1) is 0 Å². The van der Waals surface area contributed by atoms with Crippen LogP contribution >= 0.6 is 0 Å². The largest absolute Gasteiger partial charge is 0.393 e. The van der Waals surface area contributed by atoms with Gasteiger partial charge in [-0.1, -0.05) is 0 Å². The van der Waals surface area contributed by atoms with Crippen LogP contribution in [0.2, 0.25) is 0 Å². The van der Waals surface area contributed by atoms with Gasteiger partial charge in [-0.3, -0.25) is 0 Å². The van der Waals surface area contributed by atoms with Crippen LogP contribution in [0.15, 0.2) is 0 Å². The molecule has 0 bridgehead atoms. The number of hydrogen-bond donors (Lipinski definition) is 1. The molecule has 1 fully saturated rings. The molecule has 0 heterocycles. The predicted molar refractivity (Wildman–Crippen MR) is 57.4 cm³/mol. The Bertz CT molecular complexity index is 142. The van der Waals surface area contributed by atoms with Gasteiger partial charge in [0.25, 0.3) is 0 Å². The molecule has 3 nitrogen and oxygen atoms in total. The minimum absolute atomic E-state index is 0.0726. The lowest BCUT2D eigenvalue weighted by molar-refractivity contribution is -0.00520. The Balaban J connectivity index is 1.96. The van der Waals surface area contributed by atoms with Gasteiger partial charge in [-0.2, -0.15) is 0 Å². The summed E-state index contributed by atoms with van der Waals surface area (Å²) in [5.41, 5.74) is 0. The molecule has 0 atom stereocenters. The van der Waals surface area contributed by atoms with Gasteiger partial charge in [0.05, 0.1) is 12.2 Å². The third-order valence-electron chi connectivity index (χ3n) is 2.75. The maximum Gasteiger partial charge on any atom is 0.0577 e. The van der Waals surface area contributed by atoms with E-state index in [0.29, 0.717) is 6.10 Å². The summed E-state index contributed by atoms with van der Waals surface area (Å²) in [4.78, 5) is 2.17. The first-order valence-corrected chi connectivity index (χ1v) is 5.63. The van der Waals surface area contributed by atoms with Crippen molar-refractivity contribution in [2.24, 2.45) is 0 Å². The van der Waals surface area contributed by atoms with E-state index in [2.05, 4.69) is 19.0 Å². The van der Waals surface area contributed by atoms with Crippen molar-refractivity contribution in [2.45, 2.75) is 44.3 Å². The van der Waals surface area contributed by atoms with E-state index < -0.39 is 0 Å². The first kappa shape index (κ1) is 12.0. The molecule has 0 aromatic rings. The summed E-state index contributed by atoms with van der Waals surface area (Å²) in [5, 5.41) is 9.31. The van der Waals surface area contributed by atoms with Gasteiger partial charge in [0.15, 0.2) is 0 Å². The fourth-order valence-corrected chi connectivity index (χ4v) is 1.84. The Morgan fingerprint density at radius 2 is 1.86 bits per heavy atom. The van der Waals surface area contributed by atoms with Crippen LogP contribution in [0.5, 0.6) is 0 Å². The van der Waals surface area contributed by atoms with Crippen LogP contribution in [0.4, 0.5) is 0 Å². The Morgan fingerprint density at radius 1 is 1.21 bits per heavy atom. The van der Waals surface area contributed by atoms with Crippen molar-refractivity contribution < 1.29 is 9.84 Å². The first-order chi connectivity index (χ1) is 6.68. The van der Waals surface area contributed by atoms with Crippen LogP contribution in [0.1, 0.15) is 32.1 Å². The number of nitrogens with zero attached hydrogens (tertiary/aromatic N) is 1. The normalized spacial score (nSPS) is 28.3. The maximum atomic E-state index is 9.31. The number of rotatable bonds is 5. The van der Waals surface area contributed by atoms with Gasteiger partial charge in [-0.15, -0.1) is 0 Å². The van der Waals surface area contributed by atoms with Crippen molar-refractivity contribution in [3.63, 3.8) is 0 Å². The Hall–Kier alpha value is -0.120. The molecule has 0 saturated heterocycles.